The highest BCUT2D eigenvalue weighted by Crippen LogP contribution is 2.13. The molecule has 34 heavy (non-hydrogen) atoms. The number of nitrogens with one attached hydrogen (secondary N) is 2. The fraction of sp³-hybridized carbons (Fsp3) is 0.0769. The summed E-state index contributed by atoms with van der Waals surface area (Å²) in [6.45, 7) is 0.456. The van der Waals surface area contributed by atoms with Crippen LogP contribution in [0.4, 0.5) is 5.69 Å². The second-order valence-corrected chi connectivity index (χ2v) is 9.14. The van der Waals surface area contributed by atoms with Crippen LogP contribution >= 0.6 is 0 Å². The summed E-state index contributed by atoms with van der Waals surface area (Å²) in [7, 11) is -3.67. The molecule has 1 heterocycles. The summed E-state index contributed by atoms with van der Waals surface area (Å²) in [4.78, 5) is 12.4. The number of benzene rings is 3. The minimum absolute atomic E-state index is 0.228. The van der Waals surface area contributed by atoms with Crippen molar-refractivity contribution >= 4 is 27.7 Å². The van der Waals surface area contributed by atoms with Crippen molar-refractivity contribution in [2.45, 2.75) is 6.42 Å². The van der Waals surface area contributed by atoms with Crippen LogP contribution in [0.15, 0.2) is 103 Å². The van der Waals surface area contributed by atoms with E-state index in [1.54, 1.807) is 35.1 Å². The van der Waals surface area contributed by atoms with Crippen molar-refractivity contribution in [3.05, 3.63) is 119 Å². The zero-order valence-corrected chi connectivity index (χ0v) is 19.2. The number of nitrogens with zero attached hydrogens (tertiary/aromatic N) is 2. The van der Waals surface area contributed by atoms with E-state index in [2.05, 4.69) is 15.1 Å². The van der Waals surface area contributed by atoms with Crippen LogP contribution in [-0.4, -0.2) is 30.7 Å². The van der Waals surface area contributed by atoms with Crippen molar-refractivity contribution in [2.75, 3.05) is 11.3 Å². The number of para-hydroxylation sites is 1. The summed E-state index contributed by atoms with van der Waals surface area (Å²) < 4.78 is 28.8. The largest absolute Gasteiger partial charge is 0.352 e. The van der Waals surface area contributed by atoms with Crippen LogP contribution in [0.25, 0.3) is 11.8 Å². The Morgan fingerprint density at radius 3 is 2.29 bits per heavy atom. The van der Waals surface area contributed by atoms with Crippen molar-refractivity contribution in [1.82, 2.24) is 15.1 Å². The number of carbonyl (C=O) groups excluding carboxylic acids is 1. The molecule has 8 heteroatoms. The number of hydrogen-bond donors (Lipinski definition) is 2. The molecule has 0 unspecified atom stereocenters. The predicted octanol–water partition coefficient (Wildman–Crippen LogP) is 4.26. The molecule has 4 aromatic rings. The van der Waals surface area contributed by atoms with E-state index < -0.39 is 10.0 Å². The van der Waals surface area contributed by atoms with Gasteiger partial charge in [0.15, 0.2) is 0 Å². The van der Waals surface area contributed by atoms with Gasteiger partial charge in [-0.1, -0.05) is 48.5 Å². The van der Waals surface area contributed by atoms with Gasteiger partial charge in [0.25, 0.3) is 15.9 Å². The van der Waals surface area contributed by atoms with Gasteiger partial charge in [-0.05, 0) is 60.0 Å². The molecule has 1 aromatic heterocycles. The highest BCUT2D eigenvalue weighted by atomic mass is 32.2. The maximum absolute atomic E-state index is 12.4. The molecule has 0 bridgehead atoms. The summed E-state index contributed by atoms with van der Waals surface area (Å²) in [6, 6.07) is 25.3. The van der Waals surface area contributed by atoms with Gasteiger partial charge in [-0.15, -0.1) is 0 Å². The molecule has 0 radical (unpaired) electrons. The van der Waals surface area contributed by atoms with Crippen LogP contribution in [0.5, 0.6) is 0 Å². The summed E-state index contributed by atoms with van der Waals surface area (Å²) in [5, 5.41) is 8.35. The summed E-state index contributed by atoms with van der Waals surface area (Å²) in [5.41, 5.74) is 3.60. The SMILES string of the molecule is O=C(NCCc1cnn(-c2ccccc2)c1)c1ccc(NS(=O)(=O)/C=C/c2ccccc2)cc1. The van der Waals surface area contributed by atoms with Crippen molar-refractivity contribution in [3.63, 3.8) is 0 Å². The standard InChI is InChI=1S/C26H24N4O3S/c31-26(27-17-15-22-19-28-30(20-22)25-9-5-2-6-10-25)23-11-13-24(14-12-23)29-34(32,33)18-16-21-7-3-1-4-8-21/h1-14,16,18-20,29H,15,17H2,(H,27,31)/b18-16+. The topological polar surface area (TPSA) is 93.1 Å². The van der Waals surface area contributed by atoms with E-state index in [1.165, 1.54) is 6.08 Å². The number of amides is 1. The van der Waals surface area contributed by atoms with Crippen molar-refractivity contribution < 1.29 is 13.2 Å². The first-order valence-corrected chi connectivity index (χ1v) is 12.3. The molecule has 4 rings (SSSR count). The number of carbonyl (C=O) groups is 1. The zero-order valence-electron chi connectivity index (χ0n) is 18.3. The van der Waals surface area contributed by atoms with Crippen molar-refractivity contribution in [1.29, 1.82) is 0 Å². The molecule has 7 nitrogen and oxygen atoms in total. The third kappa shape index (κ3) is 6.43. The second kappa shape index (κ2) is 10.6. The van der Waals surface area contributed by atoms with E-state index in [0.29, 0.717) is 24.2 Å². The Kier molecular flexibility index (Phi) is 7.19. The Labute approximate surface area is 198 Å². The van der Waals surface area contributed by atoms with Crippen LogP contribution < -0.4 is 10.0 Å². The Bertz CT molecular complexity index is 1360. The number of anilines is 1. The smallest absolute Gasteiger partial charge is 0.255 e. The minimum atomic E-state index is -3.67. The van der Waals surface area contributed by atoms with Gasteiger partial charge in [-0.3, -0.25) is 9.52 Å². The molecule has 0 atom stereocenters. The summed E-state index contributed by atoms with van der Waals surface area (Å²) >= 11 is 0. The molecule has 0 aliphatic rings. The molecule has 0 saturated carbocycles. The molecule has 0 saturated heterocycles. The fourth-order valence-electron chi connectivity index (χ4n) is 3.25. The number of hydrogen-bond acceptors (Lipinski definition) is 4. The molecule has 1 amide bonds. The maximum atomic E-state index is 12.4. The first-order valence-electron chi connectivity index (χ1n) is 10.7. The van der Waals surface area contributed by atoms with E-state index in [4.69, 9.17) is 0 Å². The Hall–Kier alpha value is -4.17. The Balaban J connectivity index is 1.28. The van der Waals surface area contributed by atoms with Crippen LogP contribution in [0, 0.1) is 0 Å². The Morgan fingerprint density at radius 2 is 1.59 bits per heavy atom. The van der Waals surface area contributed by atoms with Crippen molar-refractivity contribution in [3.8, 4) is 5.69 Å². The zero-order chi connectivity index (χ0) is 23.8. The van der Waals surface area contributed by atoms with E-state index in [9.17, 15) is 13.2 Å². The third-order valence-electron chi connectivity index (χ3n) is 5.00. The van der Waals surface area contributed by atoms with Crippen LogP contribution in [0.3, 0.4) is 0 Å². The monoisotopic (exact) mass is 472 g/mol. The molecule has 0 aliphatic heterocycles. The van der Waals surface area contributed by atoms with E-state index in [-0.39, 0.29) is 5.91 Å². The molecular weight excluding hydrogens is 448 g/mol. The first kappa shape index (κ1) is 23.0. The molecule has 2 N–H and O–H groups in total. The van der Waals surface area contributed by atoms with Gasteiger partial charge >= 0.3 is 0 Å². The van der Waals surface area contributed by atoms with Crippen LogP contribution in [0.2, 0.25) is 0 Å². The lowest BCUT2D eigenvalue weighted by Gasteiger charge is -2.07. The number of sulfonamides is 1. The van der Waals surface area contributed by atoms with Crippen molar-refractivity contribution in [2.24, 2.45) is 0 Å². The lowest BCUT2D eigenvalue weighted by Crippen LogP contribution is -2.25. The molecule has 0 fully saturated rings. The highest BCUT2D eigenvalue weighted by Gasteiger charge is 2.09. The van der Waals surface area contributed by atoms with E-state index in [1.807, 2.05) is 66.9 Å². The third-order valence-corrected chi connectivity index (χ3v) is 6.02. The average Bonchev–Trinajstić information content (AvgIpc) is 3.33. The quantitative estimate of drug-likeness (QED) is 0.381. The average molecular weight is 473 g/mol. The summed E-state index contributed by atoms with van der Waals surface area (Å²) in [6.07, 6.45) is 5.89. The fourth-order valence-corrected chi connectivity index (χ4v) is 4.12. The second-order valence-electron chi connectivity index (χ2n) is 7.57. The van der Waals surface area contributed by atoms with Gasteiger partial charge in [-0.25, -0.2) is 13.1 Å². The minimum Gasteiger partial charge on any atom is -0.352 e. The van der Waals surface area contributed by atoms with Gasteiger partial charge in [0.1, 0.15) is 0 Å². The van der Waals surface area contributed by atoms with E-state index >= 15 is 0 Å². The molecule has 3 aromatic carbocycles. The molecular formula is C26H24N4O3S. The van der Waals surface area contributed by atoms with Gasteiger partial charge in [0.2, 0.25) is 0 Å². The van der Waals surface area contributed by atoms with E-state index in [0.717, 1.165) is 22.2 Å². The van der Waals surface area contributed by atoms with Gasteiger partial charge in [0.05, 0.1) is 17.3 Å². The number of aromatic nitrogens is 2. The van der Waals surface area contributed by atoms with Crippen LogP contribution in [-0.2, 0) is 16.4 Å². The molecule has 0 spiro atoms. The lowest BCUT2D eigenvalue weighted by atomic mass is 10.2. The predicted molar refractivity (Wildman–Crippen MR) is 134 cm³/mol. The van der Waals surface area contributed by atoms with Gasteiger partial charge in [0, 0.05) is 24.0 Å². The molecule has 0 aliphatic carbocycles. The maximum Gasteiger partial charge on any atom is 0.255 e. The van der Waals surface area contributed by atoms with Crippen LogP contribution in [0.1, 0.15) is 21.5 Å². The lowest BCUT2D eigenvalue weighted by molar-refractivity contribution is 0.0954. The highest BCUT2D eigenvalue weighted by molar-refractivity contribution is 7.95. The first-order chi connectivity index (χ1) is 16.5. The summed E-state index contributed by atoms with van der Waals surface area (Å²) in [5.74, 6) is -0.228. The Morgan fingerprint density at radius 1 is 0.912 bits per heavy atom. The van der Waals surface area contributed by atoms with Gasteiger partial charge in [-0.2, -0.15) is 5.10 Å². The van der Waals surface area contributed by atoms with Gasteiger partial charge < -0.3 is 5.32 Å². The normalized spacial score (nSPS) is 11.4. The number of rotatable bonds is 9. The molecule has 172 valence electrons.